The second kappa shape index (κ2) is 3.00. The first-order chi connectivity index (χ1) is 7.65. The zero-order valence-electron chi connectivity index (χ0n) is 9.73. The highest BCUT2D eigenvalue weighted by atomic mass is 16.2. The van der Waals surface area contributed by atoms with Crippen LogP contribution < -0.4 is 4.90 Å². The fraction of sp³-hybridized carbons (Fsp3) is 0.462. The van der Waals surface area contributed by atoms with E-state index in [0.717, 1.165) is 19.4 Å². The maximum atomic E-state index is 12.3. The zero-order chi connectivity index (χ0) is 11.3. The van der Waals surface area contributed by atoms with Crippen molar-refractivity contribution < 1.29 is 4.79 Å². The number of hydrogen-bond donors (Lipinski definition) is 0. The van der Waals surface area contributed by atoms with E-state index in [9.17, 15) is 4.79 Å². The summed E-state index contributed by atoms with van der Waals surface area (Å²) in [6.07, 6.45) is 1.80. The van der Waals surface area contributed by atoms with Crippen LogP contribution in [0.4, 0.5) is 5.69 Å². The first kappa shape index (κ1) is 9.70. The number of nitrogens with zero attached hydrogens (tertiary/aromatic N) is 2. The van der Waals surface area contributed by atoms with Crippen LogP contribution in [0.1, 0.15) is 12.0 Å². The molecule has 1 spiro atoms. The van der Waals surface area contributed by atoms with Gasteiger partial charge in [-0.2, -0.15) is 0 Å². The minimum absolute atomic E-state index is 0.270. The van der Waals surface area contributed by atoms with Gasteiger partial charge in [-0.05, 0) is 18.1 Å². The minimum Gasteiger partial charge on any atom is -0.360 e. The molecule has 0 aromatic heterocycles. The van der Waals surface area contributed by atoms with Gasteiger partial charge in [-0.1, -0.05) is 18.2 Å². The maximum Gasteiger partial charge on any atom is 0.248 e. The molecule has 1 fully saturated rings. The molecule has 1 unspecified atom stereocenters. The summed E-state index contributed by atoms with van der Waals surface area (Å²) in [7, 11) is 3.94. The summed E-state index contributed by atoms with van der Waals surface area (Å²) in [4.78, 5) is 16.3. The molecule has 0 N–H and O–H groups in total. The van der Waals surface area contributed by atoms with Gasteiger partial charge in [0.15, 0.2) is 0 Å². The molecule has 0 saturated carbocycles. The average Bonchev–Trinajstić information content (AvgIpc) is 2.74. The summed E-state index contributed by atoms with van der Waals surface area (Å²) < 4.78 is 0. The second-order valence-electron chi connectivity index (χ2n) is 4.87. The third-order valence-electron chi connectivity index (χ3n) is 4.08. The number of para-hydroxylation sites is 1. The van der Waals surface area contributed by atoms with E-state index in [-0.39, 0.29) is 11.4 Å². The molecule has 3 rings (SSSR count). The van der Waals surface area contributed by atoms with Crippen LogP contribution in [0.25, 0.3) is 0 Å². The smallest absolute Gasteiger partial charge is 0.248 e. The van der Waals surface area contributed by atoms with E-state index in [4.69, 9.17) is 0 Å². The van der Waals surface area contributed by atoms with E-state index in [1.54, 1.807) is 0 Å². The lowest BCUT2D eigenvalue weighted by Gasteiger charge is -2.31. The Labute approximate surface area is 95.7 Å². The van der Waals surface area contributed by atoms with Gasteiger partial charge in [0, 0.05) is 32.7 Å². The highest BCUT2D eigenvalue weighted by Crippen LogP contribution is 2.42. The van der Waals surface area contributed by atoms with Crippen LogP contribution in [-0.4, -0.2) is 37.0 Å². The standard InChI is InChI=1S/C13H16N2O/c1-14-8-7-13(12(14)16)9-10-5-3-4-6-11(10)15(13)2/h3-6H,7-9H2,1-2H3. The number of carbonyl (C=O) groups excluding carboxylic acids is 1. The Morgan fingerprint density at radius 3 is 2.62 bits per heavy atom. The van der Waals surface area contributed by atoms with Gasteiger partial charge in [-0.15, -0.1) is 0 Å². The minimum atomic E-state index is -0.293. The van der Waals surface area contributed by atoms with Gasteiger partial charge in [0.2, 0.25) is 5.91 Å². The second-order valence-corrected chi connectivity index (χ2v) is 4.87. The lowest BCUT2D eigenvalue weighted by atomic mass is 9.93. The Balaban J connectivity index is 2.07. The normalized spacial score (nSPS) is 28.0. The van der Waals surface area contributed by atoms with Crippen LogP contribution >= 0.6 is 0 Å². The van der Waals surface area contributed by atoms with E-state index in [1.807, 2.05) is 25.1 Å². The van der Waals surface area contributed by atoms with Gasteiger partial charge in [0.25, 0.3) is 0 Å². The molecule has 2 aliphatic heterocycles. The van der Waals surface area contributed by atoms with Crippen molar-refractivity contribution in [1.29, 1.82) is 0 Å². The van der Waals surface area contributed by atoms with Crippen LogP contribution in [0.15, 0.2) is 24.3 Å². The number of likely N-dealkylation sites (tertiary alicyclic amines) is 1. The number of benzene rings is 1. The number of rotatable bonds is 0. The van der Waals surface area contributed by atoms with Gasteiger partial charge < -0.3 is 9.80 Å². The average molecular weight is 216 g/mol. The predicted molar refractivity (Wildman–Crippen MR) is 63.5 cm³/mol. The molecular formula is C13H16N2O. The van der Waals surface area contributed by atoms with Crippen molar-refractivity contribution in [2.24, 2.45) is 0 Å². The maximum absolute atomic E-state index is 12.3. The summed E-state index contributed by atoms with van der Waals surface area (Å²) in [6.45, 7) is 0.872. The number of carbonyl (C=O) groups is 1. The first-order valence-corrected chi connectivity index (χ1v) is 5.72. The van der Waals surface area contributed by atoms with Gasteiger partial charge >= 0.3 is 0 Å². The Morgan fingerprint density at radius 1 is 1.25 bits per heavy atom. The fourth-order valence-corrected chi connectivity index (χ4v) is 3.04. The molecule has 1 aromatic carbocycles. The van der Waals surface area contributed by atoms with Gasteiger partial charge in [-0.3, -0.25) is 4.79 Å². The Bertz CT molecular complexity index is 457. The molecule has 16 heavy (non-hydrogen) atoms. The van der Waals surface area contributed by atoms with Crippen molar-refractivity contribution >= 4 is 11.6 Å². The van der Waals surface area contributed by atoms with E-state index >= 15 is 0 Å². The monoisotopic (exact) mass is 216 g/mol. The van der Waals surface area contributed by atoms with Crippen molar-refractivity contribution in [3.63, 3.8) is 0 Å². The van der Waals surface area contributed by atoms with Crippen molar-refractivity contribution in [2.75, 3.05) is 25.5 Å². The number of hydrogen-bond acceptors (Lipinski definition) is 2. The van der Waals surface area contributed by atoms with E-state index in [1.165, 1.54) is 11.3 Å². The molecule has 3 nitrogen and oxygen atoms in total. The van der Waals surface area contributed by atoms with Crippen LogP contribution in [0, 0.1) is 0 Å². The Morgan fingerprint density at radius 2 is 2.00 bits per heavy atom. The third-order valence-corrected chi connectivity index (χ3v) is 4.08. The van der Waals surface area contributed by atoms with Crippen LogP contribution in [0.2, 0.25) is 0 Å². The summed E-state index contributed by atoms with van der Waals surface area (Å²) in [5, 5.41) is 0. The molecule has 0 aliphatic carbocycles. The molecule has 1 atom stereocenters. The summed E-state index contributed by atoms with van der Waals surface area (Å²) in [5.74, 6) is 0.270. The highest BCUT2D eigenvalue weighted by Gasteiger charge is 2.52. The molecule has 3 heteroatoms. The highest BCUT2D eigenvalue weighted by molar-refractivity contribution is 5.94. The number of anilines is 1. The van der Waals surface area contributed by atoms with Crippen molar-refractivity contribution in [3.05, 3.63) is 29.8 Å². The number of fused-ring (bicyclic) bond motifs is 1. The van der Waals surface area contributed by atoms with E-state index in [0.29, 0.717) is 0 Å². The van der Waals surface area contributed by atoms with Crippen LogP contribution in [-0.2, 0) is 11.2 Å². The molecule has 1 saturated heterocycles. The molecule has 1 aromatic rings. The Kier molecular flexibility index (Phi) is 1.82. The summed E-state index contributed by atoms with van der Waals surface area (Å²) in [6, 6.07) is 8.33. The van der Waals surface area contributed by atoms with E-state index in [2.05, 4.69) is 23.1 Å². The van der Waals surface area contributed by atoms with Crippen molar-refractivity contribution in [2.45, 2.75) is 18.4 Å². The lowest BCUT2D eigenvalue weighted by Crippen LogP contribution is -2.50. The molecule has 84 valence electrons. The van der Waals surface area contributed by atoms with Crippen molar-refractivity contribution in [1.82, 2.24) is 4.90 Å². The molecule has 0 radical (unpaired) electrons. The van der Waals surface area contributed by atoms with Gasteiger partial charge in [-0.25, -0.2) is 0 Å². The molecule has 0 bridgehead atoms. The quantitative estimate of drug-likeness (QED) is 0.652. The number of likely N-dealkylation sites (N-methyl/N-ethyl adjacent to an activating group) is 2. The molecule has 2 heterocycles. The molecular weight excluding hydrogens is 200 g/mol. The first-order valence-electron chi connectivity index (χ1n) is 5.72. The SMILES string of the molecule is CN1CCC2(Cc3ccccc3N2C)C1=O. The Hall–Kier alpha value is -1.51. The third kappa shape index (κ3) is 1.01. The molecule has 2 aliphatic rings. The van der Waals surface area contributed by atoms with Crippen molar-refractivity contribution in [3.8, 4) is 0 Å². The van der Waals surface area contributed by atoms with E-state index < -0.39 is 0 Å². The fourth-order valence-electron chi connectivity index (χ4n) is 3.04. The van der Waals surface area contributed by atoms with Crippen LogP contribution in [0.5, 0.6) is 0 Å². The largest absolute Gasteiger partial charge is 0.360 e. The number of amides is 1. The topological polar surface area (TPSA) is 23.6 Å². The van der Waals surface area contributed by atoms with Crippen LogP contribution in [0.3, 0.4) is 0 Å². The summed E-state index contributed by atoms with van der Waals surface area (Å²) in [5.41, 5.74) is 2.22. The molecule has 1 amide bonds. The van der Waals surface area contributed by atoms with Gasteiger partial charge in [0.05, 0.1) is 0 Å². The summed E-state index contributed by atoms with van der Waals surface area (Å²) >= 11 is 0. The lowest BCUT2D eigenvalue weighted by molar-refractivity contribution is -0.130. The zero-order valence-corrected chi connectivity index (χ0v) is 9.73. The van der Waals surface area contributed by atoms with Gasteiger partial charge in [0.1, 0.15) is 5.54 Å². The predicted octanol–water partition coefficient (Wildman–Crippen LogP) is 1.28.